The molecule has 39 heavy (non-hydrogen) atoms. The number of benzene rings is 1. The lowest BCUT2D eigenvalue weighted by molar-refractivity contribution is -0.126. The predicted molar refractivity (Wildman–Crippen MR) is 142 cm³/mol. The number of nitrogens with one attached hydrogen (secondary N) is 1. The van der Waals surface area contributed by atoms with Crippen LogP contribution in [-0.2, 0) is 9.53 Å². The number of aromatic nitrogens is 4. The van der Waals surface area contributed by atoms with Gasteiger partial charge in [-0.2, -0.15) is 4.98 Å². The van der Waals surface area contributed by atoms with Gasteiger partial charge in [-0.05, 0) is 32.9 Å². The third-order valence-electron chi connectivity index (χ3n) is 6.48. The van der Waals surface area contributed by atoms with E-state index in [1.165, 1.54) is 4.90 Å². The third-order valence-corrected chi connectivity index (χ3v) is 6.48. The second-order valence-electron chi connectivity index (χ2n) is 9.80. The first-order valence-electron chi connectivity index (χ1n) is 13.1. The largest absolute Gasteiger partial charge is 0.486 e. The van der Waals surface area contributed by atoms with Gasteiger partial charge in [0.05, 0.1) is 6.10 Å². The minimum absolute atomic E-state index is 0.185. The second-order valence-corrected chi connectivity index (χ2v) is 9.80. The van der Waals surface area contributed by atoms with Crippen LogP contribution in [0.15, 0.2) is 49.1 Å². The first-order chi connectivity index (χ1) is 18.9. The van der Waals surface area contributed by atoms with Gasteiger partial charge in [-0.1, -0.05) is 12.1 Å². The van der Waals surface area contributed by atoms with E-state index < -0.39 is 12.1 Å². The lowest BCUT2D eigenvalue weighted by Gasteiger charge is -2.40. The van der Waals surface area contributed by atoms with Crippen LogP contribution in [0.25, 0.3) is 5.95 Å². The fourth-order valence-electron chi connectivity index (χ4n) is 4.57. The van der Waals surface area contributed by atoms with E-state index in [2.05, 4.69) is 15.3 Å². The molecule has 1 saturated heterocycles. The zero-order chi connectivity index (χ0) is 27.4. The zero-order valence-corrected chi connectivity index (χ0v) is 22.3. The Morgan fingerprint density at radius 1 is 1.18 bits per heavy atom. The molecule has 2 amide bonds. The highest BCUT2D eigenvalue weighted by atomic mass is 16.6. The van der Waals surface area contributed by atoms with Gasteiger partial charge in [0.1, 0.15) is 30.9 Å². The van der Waals surface area contributed by atoms with Crippen molar-refractivity contribution in [1.82, 2.24) is 29.7 Å². The van der Waals surface area contributed by atoms with Crippen LogP contribution in [0.4, 0.5) is 10.6 Å². The molecule has 4 heterocycles. The van der Waals surface area contributed by atoms with Crippen LogP contribution in [0.5, 0.6) is 11.5 Å². The Kier molecular flexibility index (Phi) is 7.80. The average molecular weight is 536 g/mol. The minimum Gasteiger partial charge on any atom is -0.486 e. The van der Waals surface area contributed by atoms with Crippen LogP contribution in [0.1, 0.15) is 26.0 Å². The number of nitrogens with zero attached hydrogens (tertiary/aromatic N) is 6. The van der Waals surface area contributed by atoms with E-state index in [9.17, 15) is 9.59 Å². The number of piperazine rings is 1. The summed E-state index contributed by atoms with van der Waals surface area (Å²) in [6.45, 7) is 7.30. The number of ether oxygens (including phenoxy) is 3. The zero-order valence-electron chi connectivity index (χ0n) is 22.3. The highest BCUT2D eigenvalue weighted by Gasteiger charge is 2.37. The number of hydrogen-bond acceptors (Lipinski definition) is 9. The summed E-state index contributed by atoms with van der Waals surface area (Å²) in [5.41, 5.74) is 0.780. The number of amides is 2. The molecule has 2 unspecified atom stereocenters. The van der Waals surface area contributed by atoms with Gasteiger partial charge in [-0.15, -0.1) is 0 Å². The van der Waals surface area contributed by atoms with Crippen molar-refractivity contribution in [3.8, 4) is 17.4 Å². The summed E-state index contributed by atoms with van der Waals surface area (Å²) in [4.78, 5) is 43.1. The molecule has 1 aromatic carbocycles. The van der Waals surface area contributed by atoms with Gasteiger partial charge >= 0.3 is 6.09 Å². The Morgan fingerprint density at radius 3 is 2.77 bits per heavy atom. The van der Waals surface area contributed by atoms with Gasteiger partial charge in [0, 0.05) is 56.8 Å². The molecule has 1 fully saturated rings. The van der Waals surface area contributed by atoms with E-state index in [1.54, 1.807) is 37.1 Å². The lowest BCUT2D eigenvalue weighted by atomic mass is 10.1. The van der Waals surface area contributed by atoms with Crippen LogP contribution < -0.4 is 19.7 Å². The van der Waals surface area contributed by atoms with Crippen LogP contribution in [0, 0.1) is 6.92 Å². The number of carbonyl (C=O) groups is 2. The molecule has 2 atom stereocenters. The molecule has 12 heteroatoms. The molecule has 12 nitrogen and oxygen atoms in total. The van der Waals surface area contributed by atoms with Gasteiger partial charge in [0.2, 0.25) is 11.9 Å². The van der Waals surface area contributed by atoms with Crippen molar-refractivity contribution in [2.24, 2.45) is 0 Å². The summed E-state index contributed by atoms with van der Waals surface area (Å²) in [6.07, 6.45) is 4.63. The van der Waals surface area contributed by atoms with Crippen LogP contribution in [0.2, 0.25) is 0 Å². The molecular formula is C27H33N7O5. The van der Waals surface area contributed by atoms with Gasteiger partial charge in [0.15, 0.2) is 11.5 Å². The summed E-state index contributed by atoms with van der Waals surface area (Å²) in [6, 6.07) is 8.63. The minimum atomic E-state index is -0.763. The van der Waals surface area contributed by atoms with Gasteiger partial charge < -0.3 is 24.4 Å². The molecule has 2 aliphatic heterocycles. The summed E-state index contributed by atoms with van der Waals surface area (Å²) < 4.78 is 18.9. The Bertz CT molecular complexity index is 1300. The molecule has 0 spiro atoms. The molecule has 3 aromatic rings. The maximum atomic E-state index is 13.4. The molecule has 206 valence electrons. The smallest absolute Gasteiger partial charge is 0.410 e. The fraction of sp³-hybridized carbons (Fsp3) is 0.444. The summed E-state index contributed by atoms with van der Waals surface area (Å²) in [5, 5.41) is 2.98. The molecule has 0 saturated carbocycles. The van der Waals surface area contributed by atoms with E-state index in [1.807, 2.05) is 42.2 Å². The summed E-state index contributed by atoms with van der Waals surface area (Å²) in [5.74, 6) is 2.31. The van der Waals surface area contributed by atoms with E-state index in [-0.39, 0.29) is 24.7 Å². The van der Waals surface area contributed by atoms with Gasteiger partial charge in [0.25, 0.3) is 0 Å². The number of imidazole rings is 1. The number of rotatable bonds is 7. The van der Waals surface area contributed by atoms with Crippen molar-refractivity contribution in [2.45, 2.75) is 45.4 Å². The van der Waals surface area contributed by atoms with Gasteiger partial charge in [-0.3, -0.25) is 14.3 Å². The van der Waals surface area contributed by atoms with E-state index in [0.29, 0.717) is 50.2 Å². The monoisotopic (exact) mass is 535 g/mol. The molecular weight excluding hydrogens is 502 g/mol. The Balaban J connectivity index is 1.27. The Morgan fingerprint density at radius 2 is 2.00 bits per heavy atom. The lowest BCUT2D eigenvalue weighted by Crippen LogP contribution is -2.61. The first-order valence-corrected chi connectivity index (χ1v) is 13.1. The predicted octanol–water partition coefficient (Wildman–Crippen LogP) is 2.35. The fourth-order valence-corrected chi connectivity index (χ4v) is 4.57. The highest BCUT2D eigenvalue weighted by molar-refractivity contribution is 5.86. The standard InChI is InChI=1S/C27H33N7O5/c1-18(2)38-27(36)34-13-12-32(24-14-19(3)30-26(31-24)33-11-10-28-17-33)15-21(34)25(35)29-9-8-20-16-37-22-6-4-5-7-23(22)39-20/h4-7,10-11,14,17-18,20-21H,8-9,12-13,15-16H2,1-3H3,(H,29,35). The summed E-state index contributed by atoms with van der Waals surface area (Å²) in [7, 11) is 0. The Labute approximate surface area is 226 Å². The van der Waals surface area contributed by atoms with E-state index in [4.69, 9.17) is 19.2 Å². The van der Waals surface area contributed by atoms with Crippen LogP contribution in [0.3, 0.4) is 0 Å². The van der Waals surface area contributed by atoms with E-state index >= 15 is 0 Å². The van der Waals surface area contributed by atoms with Crippen LogP contribution in [-0.4, -0.2) is 87.5 Å². The maximum absolute atomic E-state index is 13.4. The third kappa shape index (κ3) is 6.21. The van der Waals surface area contributed by atoms with Crippen molar-refractivity contribution in [1.29, 1.82) is 0 Å². The van der Waals surface area contributed by atoms with Crippen molar-refractivity contribution < 1.29 is 23.8 Å². The quantitative estimate of drug-likeness (QED) is 0.485. The van der Waals surface area contributed by atoms with E-state index in [0.717, 1.165) is 11.4 Å². The van der Waals surface area contributed by atoms with Crippen molar-refractivity contribution in [3.05, 3.63) is 54.7 Å². The number of anilines is 1. The topological polar surface area (TPSA) is 124 Å². The SMILES string of the molecule is Cc1cc(N2CCN(C(=O)OC(C)C)C(C(=O)NCCC3COc4ccccc4O3)C2)nc(-n2ccnc2)n1. The molecule has 2 aromatic heterocycles. The maximum Gasteiger partial charge on any atom is 0.410 e. The second kappa shape index (κ2) is 11.6. The van der Waals surface area contributed by atoms with Gasteiger partial charge in [-0.25, -0.2) is 14.8 Å². The van der Waals surface area contributed by atoms with Crippen molar-refractivity contribution >= 4 is 17.8 Å². The average Bonchev–Trinajstić information content (AvgIpc) is 3.47. The van der Waals surface area contributed by atoms with Crippen LogP contribution >= 0.6 is 0 Å². The number of para-hydroxylation sites is 2. The summed E-state index contributed by atoms with van der Waals surface area (Å²) >= 11 is 0. The molecule has 0 aliphatic carbocycles. The van der Waals surface area contributed by atoms with Crippen molar-refractivity contribution in [2.75, 3.05) is 37.7 Å². The number of hydrogen-bond donors (Lipinski definition) is 1. The highest BCUT2D eigenvalue weighted by Crippen LogP contribution is 2.31. The molecule has 2 aliphatic rings. The van der Waals surface area contributed by atoms with Crippen molar-refractivity contribution in [3.63, 3.8) is 0 Å². The number of fused-ring (bicyclic) bond motifs is 1. The first kappa shape index (κ1) is 26.3. The normalized spacial score (nSPS) is 18.7. The molecule has 0 bridgehead atoms. The number of carbonyl (C=O) groups excluding carboxylic acids is 2. The molecule has 1 N–H and O–H groups in total. The Hall–Kier alpha value is -4.35. The molecule has 0 radical (unpaired) electrons. The number of aryl methyl sites for hydroxylation is 1. The molecule has 5 rings (SSSR count).